The highest BCUT2D eigenvalue weighted by Gasteiger charge is 2.49. The van der Waals surface area contributed by atoms with Gasteiger partial charge >= 0.3 is 21.3 Å². The van der Waals surface area contributed by atoms with Crippen molar-refractivity contribution in [3.8, 4) is 5.75 Å². The van der Waals surface area contributed by atoms with E-state index in [-0.39, 0.29) is 10.0 Å². The maximum absolute atomic E-state index is 12.1. The van der Waals surface area contributed by atoms with Crippen LogP contribution in [0.1, 0.15) is 5.56 Å². The standard InChI is InChI=1S/C8H5BrF3NO5S/c1-4-2-7(6(13(14)15)3-5(4)9)18-19(16,17)8(10,11)12/h2-3H,1H3. The lowest BCUT2D eigenvalue weighted by Crippen LogP contribution is -2.28. The van der Waals surface area contributed by atoms with Crippen LogP contribution in [-0.2, 0) is 10.1 Å². The summed E-state index contributed by atoms with van der Waals surface area (Å²) in [6, 6.07) is 1.68. The second-order valence-electron chi connectivity index (χ2n) is 3.31. The molecule has 0 atom stereocenters. The first-order chi connectivity index (χ1) is 8.45. The molecule has 11 heteroatoms. The van der Waals surface area contributed by atoms with Crippen molar-refractivity contribution in [3.05, 3.63) is 32.3 Å². The fourth-order valence-corrected chi connectivity index (χ4v) is 1.82. The number of benzene rings is 1. The molecule has 0 aliphatic rings. The maximum Gasteiger partial charge on any atom is 0.534 e. The van der Waals surface area contributed by atoms with E-state index in [1.54, 1.807) is 0 Å². The third kappa shape index (κ3) is 3.35. The Bertz CT molecular complexity index is 628. The number of nitro groups is 1. The molecule has 1 aromatic rings. The number of hydrogen-bond donors (Lipinski definition) is 0. The molecule has 0 saturated carbocycles. The van der Waals surface area contributed by atoms with Crippen LogP contribution in [0.2, 0.25) is 0 Å². The summed E-state index contributed by atoms with van der Waals surface area (Å²) >= 11 is 2.94. The van der Waals surface area contributed by atoms with Crippen LogP contribution in [0.5, 0.6) is 5.75 Å². The number of aryl methyl sites for hydroxylation is 1. The Kier molecular flexibility index (Phi) is 4.10. The van der Waals surface area contributed by atoms with Crippen molar-refractivity contribution in [2.24, 2.45) is 0 Å². The first kappa shape index (κ1) is 15.7. The number of nitro benzene ring substituents is 1. The largest absolute Gasteiger partial charge is 0.534 e. The van der Waals surface area contributed by atoms with Gasteiger partial charge in [0.2, 0.25) is 5.75 Å². The van der Waals surface area contributed by atoms with E-state index in [1.165, 1.54) is 6.92 Å². The highest BCUT2D eigenvalue weighted by atomic mass is 79.9. The molecule has 0 radical (unpaired) electrons. The van der Waals surface area contributed by atoms with Crippen LogP contribution in [0.25, 0.3) is 0 Å². The normalized spacial score (nSPS) is 12.3. The van der Waals surface area contributed by atoms with Crippen molar-refractivity contribution in [1.82, 2.24) is 0 Å². The summed E-state index contributed by atoms with van der Waals surface area (Å²) in [7, 11) is -5.96. The molecular formula is C8H5BrF3NO5S. The molecule has 1 rings (SSSR count). The van der Waals surface area contributed by atoms with Gasteiger partial charge in [0.05, 0.1) is 4.92 Å². The molecule has 0 aliphatic heterocycles. The van der Waals surface area contributed by atoms with Crippen LogP contribution >= 0.6 is 15.9 Å². The number of hydrogen-bond acceptors (Lipinski definition) is 5. The minimum absolute atomic E-state index is 0.232. The lowest BCUT2D eigenvalue weighted by Gasteiger charge is -2.10. The summed E-state index contributed by atoms with van der Waals surface area (Å²) in [4.78, 5) is 9.60. The molecule has 6 nitrogen and oxygen atoms in total. The summed E-state index contributed by atoms with van der Waals surface area (Å²) < 4.78 is 62.1. The fraction of sp³-hybridized carbons (Fsp3) is 0.250. The number of alkyl halides is 3. The molecule has 106 valence electrons. The zero-order valence-electron chi connectivity index (χ0n) is 9.06. The zero-order chi connectivity index (χ0) is 15.0. The van der Waals surface area contributed by atoms with E-state index < -0.39 is 32.0 Å². The second kappa shape index (κ2) is 4.96. The minimum Gasteiger partial charge on any atom is -0.369 e. The summed E-state index contributed by atoms with van der Waals surface area (Å²) in [5.74, 6) is -0.997. The average Bonchev–Trinajstić information content (AvgIpc) is 2.20. The van der Waals surface area contributed by atoms with Gasteiger partial charge in [0.25, 0.3) is 0 Å². The molecular weight excluding hydrogens is 359 g/mol. The van der Waals surface area contributed by atoms with Crippen molar-refractivity contribution in [2.75, 3.05) is 0 Å². The smallest absolute Gasteiger partial charge is 0.369 e. The molecule has 0 aliphatic carbocycles. The quantitative estimate of drug-likeness (QED) is 0.356. The van der Waals surface area contributed by atoms with Gasteiger partial charge in [-0.1, -0.05) is 15.9 Å². The van der Waals surface area contributed by atoms with E-state index in [4.69, 9.17) is 0 Å². The number of halogens is 4. The molecule has 0 unspecified atom stereocenters. The third-order valence-corrected chi connectivity index (χ3v) is 3.74. The summed E-state index contributed by atoms with van der Waals surface area (Å²) in [6.07, 6.45) is 0. The Hall–Kier alpha value is -1.36. The van der Waals surface area contributed by atoms with Gasteiger partial charge in [-0.3, -0.25) is 10.1 Å². The van der Waals surface area contributed by atoms with E-state index >= 15 is 0 Å². The Balaban J connectivity index is 3.37. The van der Waals surface area contributed by atoms with Gasteiger partial charge in [-0.05, 0) is 18.6 Å². The van der Waals surface area contributed by atoms with E-state index in [0.717, 1.165) is 12.1 Å². The van der Waals surface area contributed by atoms with Crippen molar-refractivity contribution in [2.45, 2.75) is 12.4 Å². The molecule has 0 bridgehead atoms. The second-order valence-corrected chi connectivity index (χ2v) is 5.70. The third-order valence-electron chi connectivity index (χ3n) is 1.92. The molecule has 0 saturated heterocycles. The number of nitrogens with zero attached hydrogens (tertiary/aromatic N) is 1. The lowest BCUT2D eigenvalue weighted by atomic mass is 10.2. The Morgan fingerprint density at radius 3 is 2.32 bits per heavy atom. The number of rotatable bonds is 3. The SMILES string of the molecule is Cc1cc(OS(=O)(=O)C(F)(F)F)c([N+](=O)[O-])cc1Br. The van der Waals surface area contributed by atoms with Crippen molar-refractivity contribution in [1.29, 1.82) is 0 Å². The monoisotopic (exact) mass is 363 g/mol. The topological polar surface area (TPSA) is 86.5 Å². The van der Waals surface area contributed by atoms with Gasteiger partial charge in [0.1, 0.15) is 0 Å². The van der Waals surface area contributed by atoms with Crippen molar-refractivity contribution >= 4 is 31.7 Å². The van der Waals surface area contributed by atoms with Crippen LogP contribution in [0.15, 0.2) is 16.6 Å². The summed E-state index contributed by atoms with van der Waals surface area (Å²) in [5, 5.41) is 10.6. The van der Waals surface area contributed by atoms with Crippen LogP contribution in [0.3, 0.4) is 0 Å². The predicted molar refractivity (Wildman–Crippen MR) is 61.1 cm³/mol. The minimum atomic E-state index is -5.96. The summed E-state index contributed by atoms with van der Waals surface area (Å²) in [5.41, 5.74) is -6.29. The molecule has 0 N–H and O–H groups in total. The van der Waals surface area contributed by atoms with E-state index in [2.05, 4.69) is 20.1 Å². The molecule has 1 aromatic carbocycles. The van der Waals surface area contributed by atoms with Gasteiger partial charge < -0.3 is 4.18 Å². The zero-order valence-corrected chi connectivity index (χ0v) is 11.5. The molecule has 0 aromatic heterocycles. The van der Waals surface area contributed by atoms with Gasteiger partial charge in [-0.15, -0.1) is 0 Å². The van der Waals surface area contributed by atoms with Crippen LogP contribution in [0.4, 0.5) is 18.9 Å². The Morgan fingerprint density at radius 1 is 1.37 bits per heavy atom. The summed E-state index contributed by atoms with van der Waals surface area (Å²) in [6.45, 7) is 1.40. The highest BCUT2D eigenvalue weighted by molar-refractivity contribution is 9.10. The van der Waals surface area contributed by atoms with E-state index in [0.29, 0.717) is 0 Å². The highest BCUT2D eigenvalue weighted by Crippen LogP contribution is 2.36. The molecule has 0 heterocycles. The van der Waals surface area contributed by atoms with Gasteiger partial charge in [0.15, 0.2) is 0 Å². The van der Waals surface area contributed by atoms with Gasteiger partial charge in [-0.2, -0.15) is 21.6 Å². The predicted octanol–water partition coefficient (Wildman–Crippen LogP) is 2.89. The first-order valence-electron chi connectivity index (χ1n) is 4.41. The van der Waals surface area contributed by atoms with Crippen LogP contribution in [-0.4, -0.2) is 18.8 Å². The maximum atomic E-state index is 12.1. The van der Waals surface area contributed by atoms with E-state index in [1.807, 2.05) is 0 Å². The van der Waals surface area contributed by atoms with E-state index in [9.17, 15) is 31.7 Å². The van der Waals surface area contributed by atoms with Crippen molar-refractivity contribution in [3.63, 3.8) is 0 Å². The van der Waals surface area contributed by atoms with Crippen LogP contribution < -0.4 is 4.18 Å². The molecule has 0 spiro atoms. The van der Waals surface area contributed by atoms with Gasteiger partial charge in [0, 0.05) is 10.5 Å². The van der Waals surface area contributed by atoms with Crippen molar-refractivity contribution < 1.29 is 30.7 Å². The molecule has 19 heavy (non-hydrogen) atoms. The van der Waals surface area contributed by atoms with Crippen LogP contribution in [0, 0.1) is 17.0 Å². The lowest BCUT2D eigenvalue weighted by molar-refractivity contribution is -0.385. The Labute approximate surface area is 113 Å². The Morgan fingerprint density at radius 2 is 1.89 bits per heavy atom. The molecule has 0 amide bonds. The van der Waals surface area contributed by atoms with Gasteiger partial charge in [-0.25, -0.2) is 0 Å². The fourth-order valence-electron chi connectivity index (χ4n) is 1.02. The average molecular weight is 364 g/mol. The first-order valence-corrected chi connectivity index (χ1v) is 6.61. The molecule has 0 fully saturated rings.